The summed E-state index contributed by atoms with van der Waals surface area (Å²) in [6.45, 7) is 0.250. The molecular weight excluding hydrogens is 276 g/mol. The predicted octanol–water partition coefficient (Wildman–Crippen LogP) is 3.16. The number of hydrogen-bond donors (Lipinski definition) is 1. The van der Waals surface area contributed by atoms with E-state index < -0.39 is 5.97 Å². The highest BCUT2D eigenvalue weighted by atomic mass is 16.5. The Kier molecular flexibility index (Phi) is 4.17. The fraction of sp³-hybridized carbons (Fsp3) is 0.111. The summed E-state index contributed by atoms with van der Waals surface area (Å²) in [4.78, 5) is 12.0. The Hall–Kier alpha value is -3.06. The maximum absolute atomic E-state index is 12.0. The minimum absolute atomic E-state index is 0.250. The molecule has 3 rings (SSSR count). The van der Waals surface area contributed by atoms with Gasteiger partial charge in [0.25, 0.3) is 0 Å². The molecule has 0 unspecified atom stereocenters. The number of carbonyl (C=O) groups is 1. The number of H-pyrrole nitrogens is 1. The van der Waals surface area contributed by atoms with E-state index in [1.807, 2.05) is 54.6 Å². The van der Waals surface area contributed by atoms with Crippen LogP contribution in [0.2, 0.25) is 0 Å². The molecule has 1 N–H and O–H groups in total. The van der Waals surface area contributed by atoms with Crippen molar-refractivity contribution >= 4 is 16.9 Å². The molecule has 0 radical (unpaired) electrons. The van der Waals surface area contributed by atoms with E-state index in [0.717, 1.165) is 16.5 Å². The first-order valence-electron chi connectivity index (χ1n) is 6.99. The first-order valence-corrected chi connectivity index (χ1v) is 6.99. The highest BCUT2D eigenvalue weighted by Gasteiger charge is 2.14. The fourth-order valence-corrected chi connectivity index (χ4v) is 2.07. The van der Waals surface area contributed by atoms with Gasteiger partial charge in [-0.05, 0) is 18.2 Å². The summed E-state index contributed by atoms with van der Waals surface area (Å²) >= 11 is 0. The molecule has 0 saturated heterocycles. The Balaban J connectivity index is 1.56. The SMILES string of the molecule is O=C(OCCC#Cc1ccccc1)c1n[nH]c2ccccc12. The Morgan fingerprint density at radius 2 is 1.86 bits per heavy atom. The molecule has 0 bridgehead atoms. The lowest BCUT2D eigenvalue weighted by Crippen LogP contribution is -2.07. The summed E-state index contributed by atoms with van der Waals surface area (Å²) in [5.74, 6) is 5.57. The van der Waals surface area contributed by atoms with Crippen LogP contribution in [0.1, 0.15) is 22.5 Å². The molecule has 1 heterocycles. The van der Waals surface area contributed by atoms with Gasteiger partial charge in [-0.2, -0.15) is 5.10 Å². The van der Waals surface area contributed by atoms with E-state index in [9.17, 15) is 4.79 Å². The van der Waals surface area contributed by atoms with Gasteiger partial charge in [0.15, 0.2) is 5.69 Å². The molecule has 4 nitrogen and oxygen atoms in total. The van der Waals surface area contributed by atoms with Gasteiger partial charge < -0.3 is 4.74 Å². The molecule has 2 aromatic carbocycles. The van der Waals surface area contributed by atoms with Gasteiger partial charge in [0, 0.05) is 17.4 Å². The molecule has 0 fully saturated rings. The Labute approximate surface area is 128 Å². The standard InChI is InChI=1S/C18H14N2O2/c21-18(17-15-11-4-5-12-16(15)19-20-17)22-13-7-6-10-14-8-2-1-3-9-14/h1-5,8-9,11-12H,7,13H2,(H,19,20). The van der Waals surface area contributed by atoms with Crippen molar-refractivity contribution in [2.75, 3.05) is 6.61 Å². The fourth-order valence-electron chi connectivity index (χ4n) is 2.07. The number of aromatic amines is 1. The van der Waals surface area contributed by atoms with Crippen LogP contribution in [0.3, 0.4) is 0 Å². The topological polar surface area (TPSA) is 55.0 Å². The number of fused-ring (bicyclic) bond motifs is 1. The third-order valence-corrected chi connectivity index (χ3v) is 3.13. The van der Waals surface area contributed by atoms with Gasteiger partial charge in [-0.1, -0.05) is 48.2 Å². The second kappa shape index (κ2) is 6.59. The number of carbonyl (C=O) groups excluding carboxylic acids is 1. The van der Waals surface area contributed by atoms with Crippen LogP contribution in [0.15, 0.2) is 54.6 Å². The summed E-state index contributed by atoms with van der Waals surface area (Å²) in [7, 11) is 0. The van der Waals surface area contributed by atoms with Gasteiger partial charge >= 0.3 is 5.97 Å². The average Bonchev–Trinajstić information content (AvgIpc) is 2.99. The molecule has 0 aliphatic heterocycles. The quantitative estimate of drug-likeness (QED) is 0.458. The molecule has 3 aromatic rings. The first-order chi connectivity index (χ1) is 10.8. The summed E-state index contributed by atoms with van der Waals surface area (Å²) in [5, 5.41) is 7.59. The monoisotopic (exact) mass is 290 g/mol. The maximum atomic E-state index is 12.0. The predicted molar refractivity (Wildman–Crippen MR) is 84.3 cm³/mol. The zero-order valence-electron chi connectivity index (χ0n) is 11.9. The van der Waals surface area contributed by atoms with Crippen molar-refractivity contribution in [2.24, 2.45) is 0 Å². The molecule has 0 saturated carbocycles. The Morgan fingerprint density at radius 3 is 2.73 bits per heavy atom. The van der Waals surface area contributed by atoms with Crippen molar-refractivity contribution in [1.82, 2.24) is 10.2 Å². The highest BCUT2D eigenvalue weighted by Crippen LogP contribution is 2.15. The highest BCUT2D eigenvalue weighted by molar-refractivity contribution is 6.01. The normalized spacial score (nSPS) is 10.0. The molecule has 108 valence electrons. The Bertz CT molecular complexity index is 841. The number of rotatable bonds is 3. The lowest BCUT2D eigenvalue weighted by atomic mass is 10.2. The van der Waals surface area contributed by atoms with Crippen molar-refractivity contribution in [3.63, 3.8) is 0 Å². The van der Waals surface area contributed by atoms with E-state index in [0.29, 0.717) is 12.1 Å². The first kappa shape index (κ1) is 13.9. The number of nitrogens with one attached hydrogen (secondary N) is 1. The van der Waals surface area contributed by atoms with E-state index in [1.165, 1.54) is 0 Å². The number of ether oxygens (including phenoxy) is 1. The van der Waals surface area contributed by atoms with E-state index >= 15 is 0 Å². The second-order valence-corrected chi connectivity index (χ2v) is 4.67. The van der Waals surface area contributed by atoms with Crippen molar-refractivity contribution in [1.29, 1.82) is 0 Å². The number of benzene rings is 2. The summed E-state index contributed by atoms with van der Waals surface area (Å²) < 4.78 is 5.21. The molecule has 0 spiro atoms. The number of nitrogens with zero attached hydrogens (tertiary/aromatic N) is 1. The minimum atomic E-state index is -0.432. The lowest BCUT2D eigenvalue weighted by Gasteiger charge is -1.99. The molecule has 0 aliphatic carbocycles. The van der Waals surface area contributed by atoms with E-state index in [1.54, 1.807) is 0 Å². The van der Waals surface area contributed by atoms with Gasteiger partial charge in [-0.15, -0.1) is 0 Å². The van der Waals surface area contributed by atoms with Gasteiger partial charge in [0.1, 0.15) is 6.61 Å². The van der Waals surface area contributed by atoms with Crippen LogP contribution in [0.4, 0.5) is 0 Å². The van der Waals surface area contributed by atoms with Crippen molar-refractivity contribution in [3.05, 3.63) is 65.9 Å². The van der Waals surface area contributed by atoms with Gasteiger partial charge in [0.2, 0.25) is 0 Å². The van der Waals surface area contributed by atoms with E-state index in [2.05, 4.69) is 22.0 Å². The van der Waals surface area contributed by atoms with Crippen LogP contribution in [0, 0.1) is 11.8 Å². The van der Waals surface area contributed by atoms with Crippen molar-refractivity contribution in [2.45, 2.75) is 6.42 Å². The van der Waals surface area contributed by atoms with Crippen molar-refractivity contribution in [3.8, 4) is 11.8 Å². The zero-order valence-corrected chi connectivity index (χ0v) is 11.9. The molecular formula is C18H14N2O2. The maximum Gasteiger partial charge on any atom is 0.359 e. The van der Waals surface area contributed by atoms with Crippen molar-refractivity contribution < 1.29 is 9.53 Å². The van der Waals surface area contributed by atoms with Crippen LogP contribution >= 0.6 is 0 Å². The molecule has 0 amide bonds. The van der Waals surface area contributed by atoms with Gasteiger partial charge in [0.05, 0.1) is 5.52 Å². The zero-order chi connectivity index (χ0) is 15.2. The summed E-state index contributed by atoms with van der Waals surface area (Å²) in [5.41, 5.74) is 2.08. The molecule has 0 atom stereocenters. The molecule has 1 aromatic heterocycles. The number of hydrogen-bond acceptors (Lipinski definition) is 3. The number of aromatic nitrogens is 2. The lowest BCUT2D eigenvalue weighted by molar-refractivity contribution is 0.0509. The number of para-hydroxylation sites is 1. The molecule has 4 heteroatoms. The average molecular weight is 290 g/mol. The van der Waals surface area contributed by atoms with Gasteiger partial charge in [-0.3, -0.25) is 5.10 Å². The van der Waals surface area contributed by atoms with Crippen LogP contribution < -0.4 is 0 Å². The van der Waals surface area contributed by atoms with E-state index in [4.69, 9.17) is 4.74 Å². The van der Waals surface area contributed by atoms with Crippen LogP contribution in [-0.4, -0.2) is 22.8 Å². The molecule has 0 aliphatic rings. The summed E-state index contributed by atoms with van der Waals surface area (Å²) in [6.07, 6.45) is 0.489. The third kappa shape index (κ3) is 3.15. The number of esters is 1. The Morgan fingerprint density at radius 1 is 1.09 bits per heavy atom. The van der Waals surface area contributed by atoms with Crippen LogP contribution in [0.25, 0.3) is 10.9 Å². The van der Waals surface area contributed by atoms with Gasteiger partial charge in [-0.25, -0.2) is 4.79 Å². The molecule has 22 heavy (non-hydrogen) atoms. The second-order valence-electron chi connectivity index (χ2n) is 4.67. The third-order valence-electron chi connectivity index (χ3n) is 3.13. The van der Waals surface area contributed by atoms with E-state index in [-0.39, 0.29) is 6.61 Å². The smallest absolute Gasteiger partial charge is 0.359 e. The summed E-state index contributed by atoms with van der Waals surface area (Å²) in [6, 6.07) is 17.1. The largest absolute Gasteiger partial charge is 0.460 e. The minimum Gasteiger partial charge on any atom is -0.460 e. The van der Waals surface area contributed by atoms with Crippen LogP contribution in [0.5, 0.6) is 0 Å². The van der Waals surface area contributed by atoms with Crippen LogP contribution in [-0.2, 0) is 4.74 Å².